The Morgan fingerprint density at radius 3 is 3.00 bits per heavy atom. The number of carbonyl (C=O) groups excluding carboxylic acids is 1. The molecule has 0 bridgehead atoms. The fourth-order valence-corrected chi connectivity index (χ4v) is 3.20. The van der Waals surface area contributed by atoms with Gasteiger partial charge in [-0.05, 0) is 12.5 Å². The van der Waals surface area contributed by atoms with Gasteiger partial charge in [-0.1, -0.05) is 0 Å². The Morgan fingerprint density at radius 2 is 2.23 bits per heavy atom. The van der Waals surface area contributed by atoms with Crippen molar-refractivity contribution in [1.29, 1.82) is 0 Å². The Labute approximate surface area is 130 Å². The van der Waals surface area contributed by atoms with Crippen molar-refractivity contribution in [2.45, 2.75) is 18.6 Å². The van der Waals surface area contributed by atoms with Gasteiger partial charge in [0.1, 0.15) is 0 Å². The monoisotopic (exact) mass is 306 g/mol. The maximum absolute atomic E-state index is 12.5. The minimum atomic E-state index is 0.0401. The molecule has 22 heavy (non-hydrogen) atoms. The van der Waals surface area contributed by atoms with E-state index in [1.807, 2.05) is 4.90 Å². The first-order valence-corrected chi connectivity index (χ1v) is 7.68. The Morgan fingerprint density at radius 1 is 1.32 bits per heavy atom. The van der Waals surface area contributed by atoms with Crippen LogP contribution in [0.25, 0.3) is 0 Å². The maximum atomic E-state index is 12.5. The second-order valence-electron chi connectivity index (χ2n) is 5.75. The van der Waals surface area contributed by atoms with Crippen LogP contribution in [0.3, 0.4) is 0 Å². The molecule has 3 heterocycles. The van der Waals surface area contributed by atoms with Gasteiger partial charge in [0.2, 0.25) is 0 Å². The predicted octanol–water partition coefficient (Wildman–Crippen LogP) is 0.0383. The van der Waals surface area contributed by atoms with Gasteiger partial charge >= 0.3 is 0 Å². The molecule has 7 heteroatoms. The summed E-state index contributed by atoms with van der Waals surface area (Å²) in [6.07, 6.45) is 4.30. The van der Waals surface area contributed by atoms with Crippen LogP contribution in [0.5, 0.6) is 0 Å². The van der Waals surface area contributed by atoms with Crippen molar-refractivity contribution in [3.05, 3.63) is 24.0 Å². The van der Waals surface area contributed by atoms with Crippen molar-refractivity contribution in [1.82, 2.24) is 20.0 Å². The number of hydrogen-bond donors (Lipinski definition) is 0. The molecule has 0 saturated carbocycles. The zero-order valence-corrected chi connectivity index (χ0v) is 12.9. The van der Waals surface area contributed by atoms with Crippen molar-refractivity contribution >= 4 is 5.91 Å². The molecule has 2 aliphatic rings. The van der Waals surface area contributed by atoms with Crippen molar-refractivity contribution in [3.8, 4) is 0 Å². The van der Waals surface area contributed by atoms with E-state index in [2.05, 4.69) is 15.1 Å². The summed E-state index contributed by atoms with van der Waals surface area (Å²) >= 11 is 0. The van der Waals surface area contributed by atoms with Gasteiger partial charge in [0, 0.05) is 39.3 Å². The molecule has 2 aliphatic heterocycles. The largest absolute Gasteiger partial charge is 0.382 e. The summed E-state index contributed by atoms with van der Waals surface area (Å²) in [6, 6.07) is 2.10. The first-order chi connectivity index (χ1) is 10.8. The minimum Gasteiger partial charge on any atom is -0.382 e. The van der Waals surface area contributed by atoms with Crippen LogP contribution >= 0.6 is 0 Å². The van der Waals surface area contributed by atoms with E-state index in [9.17, 15) is 4.79 Å². The number of nitrogens with zero attached hydrogens (tertiary/aromatic N) is 4. The number of rotatable bonds is 5. The maximum Gasteiger partial charge on any atom is 0.255 e. The Bertz CT molecular complexity index is 499. The molecule has 2 fully saturated rings. The van der Waals surface area contributed by atoms with Crippen LogP contribution in [0.2, 0.25) is 0 Å². The van der Waals surface area contributed by atoms with E-state index in [1.165, 1.54) is 6.20 Å². The van der Waals surface area contributed by atoms with Crippen molar-refractivity contribution in [3.63, 3.8) is 0 Å². The van der Waals surface area contributed by atoms with Crippen molar-refractivity contribution in [2.24, 2.45) is 0 Å². The minimum absolute atomic E-state index is 0.0401. The molecule has 0 radical (unpaired) electrons. The summed E-state index contributed by atoms with van der Waals surface area (Å²) in [6.45, 7) is 4.62. The molecule has 1 amide bonds. The number of carbonyl (C=O) groups is 1. The number of amides is 1. The molecule has 2 atom stereocenters. The normalized spacial score (nSPS) is 25.2. The van der Waals surface area contributed by atoms with Gasteiger partial charge in [-0.25, -0.2) is 0 Å². The van der Waals surface area contributed by atoms with Gasteiger partial charge in [0.25, 0.3) is 5.91 Å². The first kappa shape index (κ1) is 15.3. The van der Waals surface area contributed by atoms with E-state index >= 15 is 0 Å². The molecule has 0 unspecified atom stereocenters. The van der Waals surface area contributed by atoms with E-state index in [0.717, 1.165) is 32.6 Å². The molecule has 0 spiro atoms. The number of piperazine rings is 1. The summed E-state index contributed by atoms with van der Waals surface area (Å²) < 4.78 is 10.8. The molecule has 0 N–H and O–H groups in total. The van der Waals surface area contributed by atoms with Crippen molar-refractivity contribution < 1.29 is 14.3 Å². The molecule has 7 nitrogen and oxygen atoms in total. The average molecular weight is 306 g/mol. The van der Waals surface area contributed by atoms with Crippen LogP contribution in [0, 0.1) is 0 Å². The fourth-order valence-electron chi connectivity index (χ4n) is 3.20. The van der Waals surface area contributed by atoms with Gasteiger partial charge in [-0.2, -0.15) is 10.2 Å². The van der Waals surface area contributed by atoms with Crippen LogP contribution < -0.4 is 0 Å². The predicted molar refractivity (Wildman–Crippen MR) is 79.5 cm³/mol. The fraction of sp³-hybridized carbons (Fsp3) is 0.667. The summed E-state index contributed by atoms with van der Waals surface area (Å²) in [5, 5.41) is 7.50. The molecule has 0 aliphatic carbocycles. The highest BCUT2D eigenvalue weighted by Crippen LogP contribution is 2.24. The average Bonchev–Trinajstić information content (AvgIpc) is 2.97. The SMILES string of the molecule is COCCO[C@@H]1C[C@H]2CN(C(=O)c3ccnnc3)CCN2C1. The van der Waals surface area contributed by atoms with Crippen LogP contribution in [-0.4, -0.2) is 84.6 Å². The number of fused-ring (bicyclic) bond motifs is 1. The van der Waals surface area contributed by atoms with Gasteiger partial charge in [0.15, 0.2) is 0 Å². The van der Waals surface area contributed by atoms with E-state index in [4.69, 9.17) is 9.47 Å². The highest BCUT2D eigenvalue weighted by Gasteiger charge is 2.37. The lowest BCUT2D eigenvalue weighted by atomic mass is 10.1. The van der Waals surface area contributed by atoms with E-state index in [0.29, 0.717) is 24.8 Å². The van der Waals surface area contributed by atoms with E-state index < -0.39 is 0 Å². The Balaban J connectivity index is 1.54. The molecule has 1 aromatic rings. The quantitative estimate of drug-likeness (QED) is 0.716. The van der Waals surface area contributed by atoms with Gasteiger partial charge in [0.05, 0.1) is 37.3 Å². The van der Waals surface area contributed by atoms with Crippen LogP contribution in [0.1, 0.15) is 16.8 Å². The van der Waals surface area contributed by atoms with Gasteiger partial charge < -0.3 is 14.4 Å². The lowest BCUT2D eigenvalue weighted by molar-refractivity contribution is 0.0220. The lowest BCUT2D eigenvalue weighted by Crippen LogP contribution is -2.52. The number of methoxy groups -OCH3 is 1. The molecular formula is C15H22N4O3. The highest BCUT2D eigenvalue weighted by atomic mass is 16.5. The number of aromatic nitrogens is 2. The zero-order valence-electron chi connectivity index (χ0n) is 12.9. The molecule has 1 aromatic heterocycles. The third kappa shape index (κ3) is 3.43. The van der Waals surface area contributed by atoms with Crippen LogP contribution in [0.15, 0.2) is 18.5 Å². The standard InChI is InChI=1S/C15H22N4O3/c1-21-6-7-22-14-8-13-10-19(5-4-18(13)11-14)15(20)12-2-3-16-17-9-12/h2-3,9,13-14H,4-8,10-11H2,1H3/t13-,14+/m0/s1. The second kappa shape index (κ2) is 7.13. The van der Waals surface area contributed by atoms with E-state index in [1.54, 1.807) is 19.4 Å². The molecule has 0 aromatic carbocycles. The summed E-state index contributed by atoms with van der Waals surface area (Å²) in [5.74, 6) is 0.0401. The lowest BCUT2D eigenvalue weighted by Gasteiger charge is -2.37. The second-order valence-corrected chi connectivity index (χ2v) is 5.75. The first-order valence-electron chi connectivity index (χ1n) is 7.68. The highest BCUT2D eigenvalue weighted by molar-refractivity contribution is 5.93. The Hall–Kier alpha value is -1.57. The topological polar surface area (TPSA) is 67.8 Å². The summed E-state index contributed by atoms with van der Waals surface area (Å²) in [5.41, 5.74) is 0.606. The third-order valence-corrected chi connectivity index (χ3v) is 4.34. The van der Waals surface area contributed by atoms with Crippen LogP contribution in [0.4, 0.5) is 0 Å². The summed E-state index contributed by atoms with van der Waals surface area (Å²) in [7, 11) is 1.68. The summed E-state index contributed by atoms with van der Waals surface area (Å²) in [4.78, 5) is 16.8. The van der Waals surface area contributed by atoms with Gasteiger partial charge in [-0.3, -0.25) is 9.69 Å². The van der Waals surface area contributed by atoms with Gasteiger partial charge in [-0.15, -0.1) is 0 Å². The Kier molecular flexibility index (Phi) is 4.97. The molecule has 120 valence electrons. The van der Waals surface area contributed by atoms with Crippen molar-refractivity contribution in [2.75, 3.05) is 46.5 Å². The number of ether oxygens (including phenoxy) is 2. The van der Waals surface area contributed by atoms with Crippen LogP contribution in [-0.2, 0) is 9.47 Å². The van der Waals surface area contributed by atoms with E-state index in [-0.39, 0.29) is 12.0 Å². The molecular weight excluding hydrogens is 284 g/mol. The number of hydrogen-bond acceptors (Lipinski definition) is 6. The molecule has 2 saturated heterocycles. The third-order valence-electron chi connectivity index (χ3n) is 4.34. The molecule has 3 rings (SSSR count). The zero-order chi connectivity index (χ0) is 15.4. The smallest absolute Gasteiger partial charge is 0.255 e.